The third-order valence-corrected chi connectivity index (χ3v) is 3.58. The van der Waals surface area contributed by atoms with Gasteiger partial charge in [-0.05, 0) is 32.1 Å². The zero-order valence-corrected chi connectivity index (χ0v) is 12.3. The van der Waals surface area contributed by atoms with Gasteiger partial charge in [0.05, 0.1) is 6.04 Å². The molecule has 1 atom stereocenters. The molecule has 0 aliphatic rings. The predicted molar refractivity (Wildman–Crippen MR) is 75.6 cm³/mol. The summed E-state index contributed by atoms with van der Waals surface area (Å²) in [5, 5.41) is 3.07. The average molecular weight is 287 g/mol. The van der Waals surface area contributed by atoms with Gasteiger partial charge in [-0.25, -0.2) is 4.39 Å². The van der Waals surface area contributed by atoms with Gasteiger partial charge in [0.2, 0.25) is 5.91 Å². The molecule has 0 saturated carbocycles. The molecule has 0 bridgehead atoms. The summed E-state index contributed by atoms with van der Waals surface area (Å²) in [4.78, 5) is 14.0. The molecule has 19 heavy (non-hydrogen) atoms. The fourth-order valence-corrected chi connectivity index (χ4v) is 2.14. The summed E-state index contributed by atoms with van der Waals surface area (Å²) in [5.41, 5.74) is 0.325. The molecule has 1 rings (SSSR count). The first-order valence-corrected chi connectivity index (χ1v) is 6.79. The van der Waals surface area contributed by atoms with Gasteiger partial charge in [0, 0.05) is 17.1 Å². The molecule has 0 aliphatic carbocycles. The second kappa shape index (κ2) is 7.46. The number of rotatable bonds is 6. The number of carbonyl (C=O) groups is 1. The first-order valence-electron chi connectivity index (χ1n) is 6.42. The van der Waals surface area contributed by atoms with Gasteiger partial charge in [0.15, 0.2) is 0 Å². The quantitative estimate of drug-likeness (QED) is 0.872. The van der Waals surface area contributed by atoms with Gasteiger partial charge in [-0.1, -0.05) is 31.5 Å². The fourth-order valence-electron chi connectivity index (χ4n) is 1.91. The first-order chi connectivity index (χ1) is 9.01. The molecule has 5 heteroatoms. The molecule has 1 unspecified atom stereocenters. The highest BCUT2D eigenvalue weighted by atomic mass is 35.5. The van der Waals surface area contributed by atoms with Crippen LogP contribution >= 0.6 is 11.6 Å². The van der Waals surface area contributed by atoms with Crippen LogP contribution in [0.1, 0.15) is 25.8 Å². The highest BCUT2D eigenvalue weighted by Crippen LogP contribution is 2.18. The molecule has 1 amide bonds. The zero-order chi connectivity index (χ0) is 14.4. The molecule has 0 heterocycles. The summed E-state index contributed by atoms with van der Waals surface area (Å²) in [6, 6.07) is 4.29. The molecule has 1 aromatic carbocycles. The lowest BCUT2D eigenvalue weighted by Gasteiger charge is -2.24. The van der Waals surface area contributed by atoms with Crippen LogP contribution in [0.3, 0.4) is 0 Å². The Balaban J connectivity index is 2.68. The summed E-state index contributed by atoms with van der Waals surface area (Å²) < 4.78 is 13.6. The van der Waals surface area contributed by atoms with E-state index in [0.717, 1.165) is 6.54 Å². The summed E-state index contributed by atoms with van der Waals surface area (Å²) in [6.07, 6.45) is 0.710. The molecule has 0 aliphatic heterocycles. The number of benzene rings is 1. The lowest BCUT2D eigenvalue weighted by Crippen LogP contribution is -2.44. The van der Waals surface area contributed by atoms with E-state index in [-0.39, 0.29) is 18.5 Å². The van der Waals surface area contributed by atoms with Crippen LogP contribution in [0.25, 0.3) is 0 Å². The lowest BCUT2D eigenvalue weighted by molar-refractivity contribution is -0.126. The summed E-state index contributed by atoms with van der Waals surface area (Å²) in [7, 11) is 1.89. The maximum absolute atomic E-state index is 13.6. The summed E-state index contributed by atoms with van der Waals surface area (Å²) >= 11 is 5.91. The van der Waals surface area contributed by atoms with Gasteiger partial charge in [0.25, 0.3) is 0 Å². The molecule has 1 N–H and O–H groups in total. The molecule has 0 radical (unpaired) electrons. The van der Waals surface area contributed by atoms with Gasteiger partial charge < -0.3 is 5.32 Å². The SMILES string of the molecule is CCC(C(=O)NCc1c(F)cccc1Cl)N(C)CC. The molecule has 3 nitrogen and oxygen atoms in total. The standard InChI is InChI=1S/C14H20ClFN2O/c1-4-13(18(3)5-2)14(19)17-9-10-11(15)7-6-8-12(10)16/h6-8,13H,4-5,9H2,1-3H3,(H,17,19). The second-order valence-corrected chi connectivity index (χ2v) is 4.82. The van der Waals surface area contributed by atoms with Crippen molar-refractivity contribution >= 4 is 17.5 Å². The zero-order valence-electron chi connectivity index (χ0n) is 11.5. The minimum Gasteiger partial charge on any atom is -0.350 e. The van der Waals surface area contributed by atoms with Crippen molar-refractivity contribution in [1.29, 1.82) is 0 Å². The summed E-state index contributed by atoms with van der Waals surface area (Å²) in [5.74, 6) is -0.504. The Morgan fingerprint density at radius 1 is 1.47 bits per heavy atom. The average Bonchev–Trinajstić information content (AvgIpc) is 2.38. The van der Waals surface area contributed by atoms with E-state index >= 15 is 0 Å². The maximum atomic E-state index is 13.6. The van der Waals surface area contributed by atoms with Crippen molar-refractivity contribution in [3.05, 3.63) is 34.6 Å². The molecular formula is C14H20ClFN2O. The topological polar surface area (TPSA) is 32.3 Å². The molecular weight excluding hydrogens is 267 g/mol. The first kappa shape index (κ1) is 15.9. The van der Waals surface area contributed by atoms with E-state index in [1.165, 1.54) is 6.07 Å². The Morgan fingerprint density at radius 3 is 2.68 bits per heavy atom. The van der Waals surface area contributed by atoms with E-state index in [2.05, 4.69) is 5.32 Å². The number of carbonyl (C=O) groups excluding carboxylic acids is 1. The third kappa shape index (κ3) is 4.18. The van der Waals surface area contributed by atoms with Crippen LogP contribution in [-0.2, 0) is 11.3 Å². The van der Waals surface area contributed by atoms with Crippen molar-refractivity contribution < 1.29 is 9.18 Å². The van der Waals surface area contributed by atoms with Gasteiger partial charge in [-0.15, -0.1) is 0 Å². The number of amides is 1. The monoisotopic (exact) mass is 286 g/mol. The van der Waals surface area contributed by atoms with Gasteiger partial charge in [-0.3, -0.25) is 9.69 Å². The third-order valence-electron chi connectivity index (χ3n) is 3.22. The van der Waals surface area contributed by atoms with E-state index in [4.69, 9.17) is 11.6 Å². The number of likely N-dealkylation sites (N-methyl/N-ethyl adjacent to an activating group) is 1. The number of hydrogen-bond donors (Lipinski definition) is 1. The van der Waals surface area contributed by atoms with Crippen LogP contribution in [0.15, 0.2) is 18.2 Å². The van der Waals surface area contributed by atoms with E-state index in [0.29, 0.717) is 17.0 Å². The van der Waals surface area contributed by atoms with Crippen LogP contribution in [0.4, 0.5) is 4.39 Å². The Hall–Kier alpha value is -1.13. The van der Waals surface area contributed by atoms with Crippen LogP contribution in [0, 0.1) is 5.82 Å². The van der Waals surface area contributed by atoms with Crippen molar-refractivity contribution in [2.75, 3.05) is 13.6 Å². The Kier molecular flexibility index (Phi) is 6.25. The van der Waals surface area contributed by atoms with Crippen LogP contribution < -0.4 is 5.32 Å². The van der Waals surface area contributed by atoms with E-state index < -0.39 is 5.82 Å². The normalized spacial score (nSPS) is 12.5. The van der Waals surface area contributed by atoms with E-state index in [9.17, 15) is 9.18 Å². The molecule has 0 fully saturated rings. The van der Waals surface area contributed by atoms with Crippen molar-refractivity contribution in [2.24, 2.45) is 0 Å². The maximum Gasteiger partial charge on any atom is 0.237 e. The number of nitrogens with zero attached hydrogens (tertiary/aromatic N) is 1. The highest BCUT2D eigenvalue weighted by Gasteiger charge is 2.20. The Labute approximate surface area is 118 Å². The van der Waals surface area contributed by atoms with E-state index in [1.807, 2.05) is 25.8 Å². The Morgan fingerprint density at radius 2 is 2.16 bits per heavy atom. The summed E-state index contributed by atoms with van der Waals surface area (Å²) in [6.45, 7) is 4.83. The minimum absolute atomic E-state index is 0.105. The second-order valence-electron chi connectivity index (χ2n) is 4.42. The molecule has 0 aromatic heterocycles. The molecule has 1 aromatic rings. The molecule has 0 saturated heterocycles. The van der Waals surface area contributed by atoms with Crippen molar-refractivity contribution in [3.8, 4) is 0 Å². The fraction of sp³-hybridized carbons (Fsp3) is 0.500. The highest BCUT2D eigenvalue weighted by molar-refractivity contribution is 6.31. The number of hydrogen-bond acceptors (Lipinski definition) is 2. The predicted octanol–water partition coefficient (Wildman–Crippen LogP) is 2.83. The van der Waals surface area contributed by atoms with Crippen LogP contribution in [0.2, 0.25) is 5.02 Å². The largest absolute Gasteiger partial charge is 0.350 e. The van der Waals surface area contributed by atoms with Gasteiger partial charge in [0.1, 0.15) is 5.82 Å². The van der Waals surface area contributed by atoms with Crippen LogP contribution in [-0.4, -0.2) is 30.4 Å². The number of nitrogens with one attached hydrogen (secondary N) is 1. The minimum atomic E-state index is -0.398. The van der Waals surface area contributed by atoms with Crippen LogP contribution in [0.5, 0.6) is 0 Å². The smallest absolute Gasteiger partial charge is 0.237 e. The van der Waals surface area contributed by atoms with Gasteiger partial charge in [-0.2, -0.15) is 0 Å². The van der Waals surface area contributed by atoms with Crippen molar-refractivity contribution in [2.45, 2.75) is 32.9 Å². The number of halogens is 2. The Bertz CT molecular complexity index is 419. The van der Waals surface area contributed by atoms with Crippen molar-refractivity contribution in [1.82, 2.24) is 10.2 Å². The molecule has 106 valence electrons. The molecule has 0 spiro atoms. The van der Waals surface area contributed by atoms with E-state index in [1.54, 1.807) is 12.1 Å². The lowest BCUT2D eigenvalue weighted by atomic mass is 10.1. The van der Waals surface area contributed by atoms with Gasteiger partial charge >= 0.3 is 0 Å². The van der Waals surface area contributed by atoms with Crippen molar-refractivity contribution in [3.63, 3.8) is 0 Å².